The van der Waals surface area contributed by atoms with E-state index in [1.807, 2.05) is 7.05 Å². The Morgan fingerprint density at radius 2 is 1.89 bits per heavy atom. The van der Waals surface area contributed by atoms with E-state index in [9.17, 15) is 14.4 Å². The van der Waals surface area contributed by atoms with Gasteiger partial charge in [-0.15, -0.1) is 11.3 Å². The van der Waals surface area contributed by atoms with Gasteiger partial charge in [-0.25, -0.2) is 4.98 Å². The number of nitrogens with zero attached hydrogens (tertiary/aromatic N) is 4. The molecule has 3 amide bonds. The van der Waals surface area contributed by atoms with Crippen LogP contribution < -0.4 is 16.4 Å². The number of hydrogen-bond donors (Lipinski definition) is 3. The van der Waals surface area contributed by atoms with Crippen LogP contribution in [0.15, 0.2) is 29.4 Å². The van der Waals surface area contributed by atoms with Gasteiger partial charge in [0.25, 0.3) is 11.8 Å². The number of carbonyl (C=O) groups is 3. The number of rotatable bonds is 7. The molecule has 2 aromatic rings. The number of hydrogen-bond acceptors (Lipinski definition) is 8. The van der Waals surface area contributed by atoms with Crippen LogP contribution >= 0.6 is 11.3 Å². The van der Waals surface area contributed by atoms with Gasteiger partial charge in [0, 0.05) is 61.6 Å². The Balaban J connectivity index is 1.51. The predicted octanol–water partition coefficient (Wildman–Crippen LogP) is 1.18. The van der Waals surface area contributed by atoms with Gasteiger partial charge < -0.3 is 31.0 Å². The molecule has 204 valence electrons. The summed E-state index contributed by atoms with van der Waals surface area (Å²) in [5.74, 6) is -0.643. The highest BCUT2D eigenvalue weighted by Gasteiger charge is 2.37. The second-order valence-corrected chi connectivity index (χ2v) is 11.1. The van der Waals surface area contributed by atoms with Crippen LogP contribution in [0.1, 0.15) is 55.6 Å². The van der Waals surface area contributed by atoms with Gasteiger partial charge in [0.2, 0.25) is 5.91 Å². The van der Waals surface area contributed by atoms with Gasteiger partial charge >= 0.3 is 0 Å². The fourth-order valence-corrected chi connectivity index (χ4v) is 6.06. The number of benzene rings is 1. The number of aromatic nitrogens is 1. The van der Waals surface area contributed by atoms with Crippen molar-refractivity contribution in [3.63, 3.8) is 0 Å². The lowest BCUT2D eigenvalue weighted by Crippen LogP contribution is -2.55. The van der Waals surface area contributed by atoms with Crippen molar-refractivity contribution >= 4 is 34.9 Å². The van der Waals surface area contributed by atoms with Crippen LogP contribution in [0.25, 0.3) is 0 Å². The SMILES string of the molecule is CO/N=C(/N)c1cccc(C(=O)N[C@H]2CC[C@H](C(=O)N(C)C)C[C@H]2NC(=O)c2nc3c(s2)CN(C)CC3)c1. The number of nitrogens with two attached hydrogens (primary N) is 1. The number of oxime groups is 1. The van der Waals surface area contributed by atoms with E-state index in [0.29, 0.717) is 35.4 Å². The molecule has 38 heavy (non-hydrogen) atoms. The first-order chi connectivity index (χ1) is 18.2. The molecular formula is C26H35N7O4S. The first-order valence-corrected chi connectivity index (χ1v) is 13.4. The second-order valence-electron chi connectivity index (χ2n) is 10.0. The van der Waals surface area contributed by atoms with E-state index in [1.54, 1.807) is 43.3 Å². The lowest BCUT2D eigenvalue weighted by Gasteiger charge is -2.37. The molecule has 1 aliphatic heterocycles. The summed E-state index contributed by atoms with van der Waals surface area (Å²) >= 11 is 1.41. The quantitative estimate of drug-likeness (QED) is 0.271. The summed E-state index contributed by atoms with van der Waals surface area (Å²) in [5, 5.41) is 10.3. The molecule has 3 atom stereocenters. The fourth-order valence-electron chi connectivity index (χ4n) is 4.97. The molecule has 4 N–H and O–H groups in total. The van der Waals surface area contributed by atoms with Crippen LogP contribution in [0.3, 0.4) is 0 Å². The first kappa shape index (κ1) is 27.5. The maximum Gasteiger partial charge on any atom is 0.280 e. The molecule has 0 spiro atoms. The number of fused-ring (bicyclic) bond motifs is 1. The van der Waals surface area contributed by atoms with Gasteiger partial charge in [0.15, 0.2) is 10.8 Å². The van der Waals surface area contributed by atoms with E-state index < -0.39 is 6.04 Å². The third-order valence-electron chi connectivity index (χ3n) is 7.00. The molecule has 4 rings (SSSR count). The van der Waals surface area contributed by atoms with Crippen LogP contribution in [0.5, 0.6) is 0 Å². The van der Waals surface area contributed by atoms with E-state index >= 15 is 0 Å². The summed E-state index contributed by atoms with van der Waals surface area (Å²) < 4.78 is 0. The van der Waals surface area contributed by atoms with E-state index in [4.69, 9.17) is 10.6 Å². The van der Waals surface area contributed by atoms with Crippen LogP contribution in [0.4, 0.5) is 0 Å². The van der Waals surface area contributed by atoms with E-state index in [1.165, 1.54) is 18.4 Å². The number of likely N-dealkylation sites (N-methyl/N-ethyl adjacent to an activating group) is 1. The highest BCUT2D eigenvalue weighted by molar-refractivity contribution is 7.13. The molecule has 2 heterocycles. The lowest BCUT2D eigenvalue weighted by molar-refractivity contribution is -0.134. The van der Waals surface area contributed by atoms with Crippen molar-refractivity contribution in [3.8, 4) is 0 Å². The third-order valence-corrected chi connectivity index (χ3v) is 8.08. The maximum absolute atomic E-state index is 13.3. The largest absolute Gasteiger partial charge is 0.397 e. The van der Waals surface area contributed by atoms with E-state index in [2.05, 4.69) is 25.7 Å². The van der Waals surface area contributed by atoms with Gasteiger partial charge in [-0.05, 0) is 38.4 Å². The predicted molar refractivity (Wildman–Crippen MR) is 145 cm³/mol. The zero-order valence-electron chi connectivity index (χ0n) is 22.2. The van der Waals surface area contributed by atoms with Crippen LogP contribution in [0, 0.1) is 5.92 Å². The molecule has 1 aliphatic carbocycles. The summed E-state index contributed by atoms with van der Waals surface area (Å²) in [4.78, 5) is 53.4. The maximum atomic E-state index is 13.3. The summed E-state index contributed by atoms with van der Waals surface area (Å²) in [5.41, 5.74) is 7.85. The standard InChI is InChI=1S/C26H35N7O4S/c1-32(2)26(36)17-8-9-18(28-23(34)16-7-5-6-15(12-16)22(27)31-37-4)20(13-17)29-24(35)25-30-19-10-11-33(3)14-21(19)38-25/h5-7,12,17-18,20H,8-11,13-14H2,1-4H3,(H2,27,31)(H,28,34)(H,29,35)/t17-,18-,20+/m0/s1. The van der Waals surface area contributed by atoms with Crippen molar-refractivity contribution in [2.45, 2.75) is 44.3 Å². The number of carbonyl (C=O) groups excluding carboxylic acids is 3. The van der Waals surface area contributed by atoms with Gasteiger partial charge in [-0.1, -0.05) is 17.3 Å². The highest BCUT2D eigenvalue weighted by Crippen LogP contribution is 2.28. The monoisotopic (exact) mass is 541 g/mol. The van der Waals surface area contributed by atoms with Crippen LogP contribution in [-0.4, -0.2) is 85.2 Å². The van der Waals surface area contributed by atoms with Crippen molar-refractivity contribution in [1.29, 1.82) is 0 Å². The third kappa shape index (κ3) is 6.30. The number of nitrogens with one attached hydrogen (secondary N) is 2. The number of amidine groups is 1. The smallest absolute Gasteiger partial charge is 0.280 e. The Morgan fingerprint density at radius 3 is 2.63 bits per heavy atom. The molecule has 1 aromatic heterocycles. The van der Waals surface area contributed by atoms with Crippen molar-refractivity contribution in [2.75, 3.05) is 34.8 Å². The zero-order chi connectivity index (χ0) is 27.4. The van der Waals surface area contributed by atoms with E-state index in [-0.39, 0.29) is 35.5 Å². The Labute approximate surface area is 226 Å². The van der Waals surface area contributed by atoms with Gasteiger partial charge in [0.1, 0.15) is 7.11 Å². The normalized spacial score (nSPS) is 21.8. The molecule has 0 bridgehead atoms. The summed E-state index contributed by atoms with van der Waals surface area (Å²) in [7, 11) is 6.90. The second kappa shape index (κ2) is 11.9. The van der Waals surface area contributed by atoms with Crippen LogP contribution in [0.2, 0.25) is 0 Å². The zero-order valence-corrected chi connectivity index (χ0v) is 23.0. The molecule has 2 aliphatic rings. The van der Waals surface area contributed by atoms with Gasteiger partial charge in [0.05, 0.1) is 11.7 Å². The van der Waals surface area contributed by atoms with Crippen LogP contribution in [-0.2, 0) is 22.6 Å². The van der Waals surface area contributed by atoms with Crippen molar-refractivity contribution in [3.05, 3.63) is 51.0 Å². The number of amides is 3. The lowest BCUT2D eigenvalue weighted by atomic mass is 9.81. The first-order valence-electron chi connectivity index (χ1n) is 12.6. The summed E-state index contributed by atoms with van der Waals surface area (Å²) in [6.45, 7) is 1.69. The molecule has 1 aromatic carbocycles. The van der Waals surface area contributed by atoms with Gasteiger partial charge in [-0.3, -0.25) is 14.4 Å². The minimum atomic E-state index is -0.430. The molecule has 0 radical (unpaired) electrons. The minimum Gasteiger partial charge on any atom is -0.397 e. The molecule has 0 unspecified atom stereocenters. The molecule has 11 nitrogen and oxygen atoms in total. The number of thiazole rings is 1. The highest BCUT2D eigenvalue weighted by atomic mass is 32.1. The average molecular weight is 542 g/mol. The minimum absolute atomic E-state index is 0.0161. The van der Waals surface area contributed by atoms with Crippen molar-refractivity contribution < 1.29 is 19.2 Å². The van der Waals surface area contributed by atoms with Crippen molar-refractivity contribution in [2.24, 2.45) is 16.8 Å². The Bertz CT molecular complexity index is 1230. The Hall–Kier alpha value is -3.51. The molecular weight excluding hydrogens is 506 g/mol. The molecule has 0 saturated heterocycles. The average Bonchev–Trinajstić information content (AvgIpc) is 3.32. The molecule has 12 heteroatoms. The Morgan fingerprint density at radius 1 is 1.16 bits per heavy atom. The molecule has 1 saturated carbocycles. The molecule has 1 fully saturated rings. The topological polar surface area (TPSA) is 142 Å². The van der Waals surface area contributed by atoms with Crippen molar-refractivity contribution in [1.82, 2.24) is 25.4 Å². The van der Waals surface area contributed by atoms with E-state index in [0.717, 1.165) is 30.1 Å². The van der Waals surface area contributed by atoms with Gasteiger partial charge in [-0.2, -0.15) is 0 Å². The fraction of sp³-hybridized carbons (Fsp3) is 0.500. The summed E-state index contributed by atoms with van der Waals surface area (Å²) in [6, 6.07) is 5.99. The summed E-state index contributed by atoms with van der Waals surface area (Å²) in [6.07, 6.45) is 2.40. The Kier molecular flexibility index (Phi) is 8.62.